The van der Waals surface area contributed by atoms with Crippen LogP contribution in [0.2, 0.25) is 5.28 Å². The van der Waals surface area contributed by atoms with E-state index in [9.17, 15) is 14.5 Å². The highest BCUT2D eigenvalue weighted by molar-refractivity contribution is 6.28. The topological polar surface area (TPSA) is 103 Å². The van der Waals surface area contributed by atoms with Gasteiger partial charge < -0.3 is 10.1 Å². The summed E-state index contributed by atoms with van der Waals surface area (Å²) in [4.78, 5) is 21.5. The number of rotatable bonds is 5. The van der Waals surface area contributed by atoms with E-state index >= 15 is 0 Å². The summed E-state index contributed by atoms with van der Waals surface area (Å²) in [5.41, 5.74) is -0.419. The number of nitro benzene ring substituents is 1. The molecule has 0 radical (unpaired) electrons. The lowest BCUT2D eigenvalue weighted by Crippen LogP contribution is -2.05. The standard InChI is InChI=1S/C11H9ClFN5O3/c1-2-14-10-15-9(12)16-11(17-10)21-8-5-6(13)3-4-7(8)18(19)20/h3-5H,2H2,1H3,(H,14,15,16,17). The second-order valence-electron chi connectivity index (χ2n) is 3.71. The van der Waals surface area contributed by atoms with E-state index in [-0.39, 0.29) is 23.0 Å². The second-order valence-corrected chi connectivity index (χ2v) is 4.05. The molecule has 21 heavy (non-hydrogen) atoms. The van der Waals surface area contributed by atoms with Crippen LogP contribution < -0.4 is 10.1 Å². The smallest absolute Gasteiger partial charge is 0.328 e. The highest BCUT2D eigenvalue weighted by Gasteiger charge is 2.18. The molecule has 0 bridgehead atoms. The third-order valence-electron chi connectivity index (χ3n) is 2.24. The van der Waals surface area contributed by atoms with E-state index in [4.69, 9.17) is 16.3 Å². The maximum atomic E-state index is 13.2. The van der Waals surface area contributed by atoms with Crippen LogP contribution >= 0.6 is 11.6 Å². The number of benzene rings is 1. The normalized spacial score (nSPS) is 10.2. The molecule has 2 rings (SSSR count). The Balaban J connectivity index is 2.37. The Bertz CT molecular complexity index is 685. The van der Waals surface area contributed by atoms with Gasteiger partial charge in [-0.3, -0.25) is 10.1 Å². The Morgan fingerprint density at radius 3 is 2.86 bits per heavy atom. The van der Waals surface area contributed by atoms with Crippen LogP contribution in [0.15, 0.2) is 18.2 Å². The predicted octanol–water partition coefficient (Wildman–Crippen LogP) is 2.80. The van der Waals surface area contributed by atoms with Crippen molar-refractivity contribution in [3.63, 3.8) is 0 Å². The first-order valence-electron chi connectivity index (χ1n) is 5.77. The van der Waals surface area contributed by atoms with Gasteiger partial charge in [-0.25, -0.2) is 4.39 Å². The fraction of sp³-hybridized carbons (Fsp3) is 0.182. The Morgan fingerprint density at radius 2 is 2.19 bits per heavy atom. The second kappa shape index (κ2) is 6.27. The molecule has 0 atom stereocenters. The minimum Gasteiger partial charge on any atom is -0.417 e. The van der Waals surface area contributed by atoms with Crippen LogP contribution in [0.5, 0.6) is 11.8 Å². The zero-order valence-corrected chi connectivity index (χ0v) is 11.5. The molecule has 0 saturated heterocycles. The lowest BCUT2D eigenvalue weighted by molar-refractivity contribution is -0.385. The molecule has 1 N–H and O–H groups in total. The molecule has 10 heteroatoms. The summed E-state index contributed by atoms with van der Waals surface area (Å²) in [6, 6.07) is 2.52. The zero-order valence-electron chi connectivity index (χ0n) is 10.7. The maximum Gasteiger partial charge on any atom is 0.328 e. The van der Waals surface area contributed by atoms with Crippen molar-refractivity contribution in [3.8, 4) is 11.8 Å². The molecule has 1 aromatic carbocycles. The van der Waals surface area contributed by atoms with Gasteiger partial charge in [0.15, 0.2) is 0 Å². The average molecular weight is 314 g/mol. The van der Waals surface area contributed by atoms with Crippen molar-refractivity contribution in [1.29, 1.82) is 0 Å². The number of nitro groups is 1. The van der Waals surface area contributed by atoms with E-state index in [1.807, 2.05) is 6.92 Å². The van der Waals surface area contributed by atoms with Gasteiger partial charge in [0.05, 0.1) is 4.92 Å². The van der Waals surface area contributed by atoms with Crippen LogP contribution in [0, 0.1) is 15.9 Å². The van der Waals surface area contributed by atoms with Crippen molar-refractivity contribution in [2.24, 2.45) is 0 Å². The summed E-state index contributed by atoms with van der Waals surface area (Å²) in [6.45, 7) is 2.34. The van der Waals surface area contributed by atoms with Crippen molar-refractivity contribution in [2.75, 3.05) is 11.9 Å². The molecule has 0 saturated carbocycles. The highest BCUT2D eigenvalue weighted by atomic mass is 35.5. The first-order valence-corrected chi connectivity index (χ1v) is 6.14. The van der Waals surface area contributed by atoms with Gasteiger partial charge >= 0.3 is 11.7 Å². The van der Waals surface area contributed by atoms with Crippen molar-refractivity contribution >= 4 is 23.2 Å². The first-order chi connectivity index (χ1) is 9.99. The Labute approximate surface area is 123 Å². The number of hydrogen-bond acceptors (Lipinski definition) is 7. The lowest BCUT2D eigenvalue weighted by atomic mass is 10.3. The number of aromatic nitrogens is 3. The molecule has 2 aromatic rings. The minimum absolute atomic E-state index is 0.145. The average Bonchev–Trinajstić information content (AvgIpc) is 2.38. The van der Waals surface area contributed by atoms with Crippen LogP contribution in [-0.4, -0.2) is 26.4 Å². The van der Waals surface area contributed by atoms with E-state index in [1.165, 1.54) is 0 Å². The van der Waals surface area contributed by atoms with Crippen molar-refractivity contribution in [2.45, 2.75) is 6.92 Å². The van der Waals surface area contributed by atoms with Gasteiger partial charge in [0.1, 0.15) is 5.82 Å². The monoisotopic (exact) mass is 313 g/mol. The molecular weight excluding hydrogens is 305 g/mol. The molecule has 0 aliphatic heterocycles. The van der Waals surface area contributed by atoms with Gasteiger partial charge in [-0.2, -0.15) is 15.0 Å². The largest absolute Gasteiger partial charge is 0.417 e. The van der Waals surface area contributed by atoms with E-state index in [2.05, 4.69) is 20.3 Å². The Kier molecular flexibility index (Phi) is 4.43. The van der Waals surface area contributed by atoms with Gasteiger partial charge in [0.25, 0.3) is 0 Å². The number of anilines is 1. The van der Waals surface area contributed by atoms with Crippen LogP contribution in [0.4, 0.5) is 16.0 Å². The van der Waals surface area contributed by atoms with E-state index in [0.717, 1.165) is 18.2 Å². The Hall–Kier alpha value is -2.55. The quantitative estimate of drug-likeness (QED) is 0.668. The summed E-state index contributed by atoms with van der Waals surface area (Å²) < 4.78 is 18.3. The minimum atomic E-state index is -0.706. The molecular formula is C11H9ClFN5O3. The fourth-order valence-electron chi connectivity index (χ4n) is 1.43. The molecule has 0 fully saturated rings. The summed E-state index contributed by atoms with van der Waals surface area (Å²) >= 11 is 5.70. The van der Waals surface area contributed by atoms with Crippen LogP contribution in [-0.2, 0) is 0 Å². The molecule has 8 nitrogen and oxygen atoms in total. The number of halogens is 2. The van der Waals surface area contributed by atoms with Crippen molar-refractivity contribution in [3.05, 3.63) is 39.4 Å². The van der Waals surface area contributed by atoms with Gasteiger partial charge in [0, 0.05) is 18.7 Å². The van der Waals surface area contributed by atoms with Gasteiger partial charge in [-0.15, -0.1) is 0 Å². The molecule has 0 aliphatic carbocycles. The Morgan fingerprint density at radius 1 is 1.43 bits per heavy atom. The van der Waals surface area contributed by atoms with E-state index in [1.54, 1.807) is 0 Å². The van der Waals surface area contributed by atoms with Gasteiger partial charge in [0.2, 0.25) is 17.0 Å². The summed E-state index contributed by atoms with van der Waals surface area (Å²) in [5.74, 6) is -0.876. The highest BCUT2D eigenvalue weighted by Crippen LogP contribution is 2.30. The third kappa shape index (κ3) is 3.72. The van der Waals surface area contributed by atoms with Crippen LogP contribution in [0.1, 0.15) is 6.92 Å². The lowest BCUT2D eigenvalue weighted by Gasteiger charge is -2.06. The third-order valence-corrected chi connectivity index (χ3v) is 2.41. The summed E-state index contributed by atoms with van der Waals surface area (Å²) in [5, 5.41) is 13.5. The molecule has 1 heterocycles. The summed E-state index contributed by atoms with van der Waals surface area (Å²) in [7, 11) is 0. The molecule has 0 unspecified atom stereocenters. The number of ether oxygens (including phenoxy) is 1. The first kappa shape index (κ1) is 14.9. The molecule has 1 aromatic heterocycles. The molecule has 0 spiro atoms. The van der Waals surface area contributed by atoms with Crippen molar-refractivity contribution < 1.29 is 14.1 Å². The summed E-state index contributed by atoms with van der Waals surface area (Å²) in [6.07, 6.45) is 0. The maximum absolute atomic E-state index is 13.2. The number of nitrogens with one attached hydrogen (secondary N) is 1. The van der Waals surface area contributed by atoms with Gasteiger partial charge in [-0.1, -0.05) is 0 Å². The zero-order chi connectivity index (χ0) is 15.4. The molecule has 110 valence electrons. The van der Waals surface area contributed by atoms with Crippen molar-refractivity contribution in [1.82, 2.24) is 15.0 Å². The van der Waals surface area contributed by atoms with Gasteiger partial charge in [-0.05, 0) is 24.6 Å². The predicted molar refractivity (Wildman–Crippen MR) is 72.1 cm³/mol. The molecule has 0 amide bonds. The number of hydrogen-bond donors (Lipinski definition) is 1. The van der Waals surface area contributed by atoms with Crippen LogP contribution in [0.25, 0.3) is 0 Å². The number of nitrogens with zero attached hydrogens (tertiary/aromatic N) is 4. The molecule has 0 aliphatic rings. The van der Waals surface area contributed by atoms with E-state index in [0.29, 0.717) is 6.54 Å². The van der Waals surface area contributed by atoms with E-state index < -0.39 is 16.4 Å². The fourth-order valence-corrected chi connectivity index (χ4v) is 1.59. The SMILES string of the molecule is CCNc1nc(Cl)nc(Oc2cc(F)ccc2[N+](=O)[O-])n1. The van der Waals surface area contributed by atoms with Crippen LogP contribution in [0.3, 0.4) is 0 Å².